The van der Waals surface area contributed by atoms with Crippen LogP contribution in [0, 0.1) is 10.1 Å². The molecule has 0 N–H and O–H groups in total. The van der Waals surface area contributed by atoms with E-state index in [1.807, 2.05) is 0 Å². The van der Waals surface area contributed by atoms with Crippen LogP contribution in [-0.2, 0) is 20.7 Å². The van der Waals surface area contributed by atoms with E-state index >= 15 is 0 Å². The van der Waals surface area contributed by atoms with Crippen LogP contribution in [0.25, 0.3) is 0 Å². The van der Waals surface area contributed by atoms with Crippen LogP contribution in [0.5, 0.6) is 0 Å². The molecule has 1 heterocycles. The van der Waals surface area contributed by atoms with Gasteiger partial charge in [0, 0.05) is 18.2 Å². The van der Waals surface area contributed by atoms with Crippen LogP contribution >= 0.6 is 0 Å². The maximum Gasteiger partial charge on any atom is 0.345 e. The van der Waals surface area contributed by atoms with Crippen molar-refractivity contribution in [1.82, 2.24) is 4.98 Å². The first-order valence-electron chi connectivity index (χ1n) is 5.08. The minimum Gasteiger partial charge on any atom is -0.462 e. The van der Waals surface area contributed by atoms with E-state index in [1.54, 1.807) is 6.92 Å². The SMILES string of the molecule is CCOC(=O)C(=C=O)Cc1ccncc1[N+](=O)[O-]. The zero-order chi connectivity index (χ0) is 13.5. The van der Waals surface area contributed by atoms with Gasteiger partial charge in [-0.2, -0.15) is 0 Å². The number of pyridine rings is 1. The molecule has 18 heavy (non-hydrogen) atoms. The Balaban J connectivity index is 3.00. The lowest BCUT2D eigenvalue weighted by Crippen LogP contribution is -2.11. The van der Waals surface area contributed by atoms with Crippen LogP contribution in [0.2, 0.25) is 0 Å². The smallest absolute Gasteiger partial charge is 0.345 e. The summed E-state index contributed by atoms with van der Waals surface area (Å²) in [6, 6.07) is 1.37. The number of nitro groups is 1. The van der Waals surface area contributed by atoms with Crippen LogP contribution in [0.1, 0.15) is 12.5 Å². The van der Waals surface area contributed by atoms with Crippen LogP contribution in [0.3, 0.4) is 0 Å². The summed E-state index contributed by atoms with van der Waals surface area (Å²) < 4.78 is 4.64. The van der Waals surface area contributed by atoms with Crippen molar-refractivity contribution in [3.8, 4) is 0 Å². The third-order valence-corrected chi connectivity index (χ3v) is 2.10. The van der Waals surface area contributed by atoms with Crippen molar-refractivity contribution in [2.45, 2.75) is 13.3 Å². The highest BCUT2D eigenvalue weighted by Gasteiger charge is 2.19. The molecule has 1 aromatic rings. The predicted octanol–water partition coefficient (Wildman–Crippen LogP) is 0.853. The van der Waals surface area contributed by atoms with E-state index in [-0.39, 0.29) is 29.9 Å². The lowest BCUT2D eigenvalue weighted by molar-refractivity contribution is -0.385. The summed E-state index contributed by atoms with van der Waals surface area (Å²) in [5.74, 6) is 0.630. The fourth-order valence-electron chi connectivity index (χ4n) is 1.29. The predicted molar refractivity (Wildman–Crippen MR) is 60.4 cm³/mol. The van der Waals surface area contributed by atoms with Gasteiger partial charge < -0.3 is 4.74 Å². The van der Waals surface area contributed by atoms with Gasteiger partial charge >= 0.3 is 5.97 Å². The molecule has 0 amide bonds. The van der Waals surface area contributed by atoms with Gasteiger partial charge in [-0.3, -0.25) is 15.1 Å². The largest absolute Gasteiger partial charge is 0.462 e. The molecule has 0 bridgehead atoms. The van der Waals surface area contributed by atoms with E-state index in [0.29, 0.717) is 0 Å². The number of esters is 1. The number of ether oxygens (including phenoxy) is 1. The topological polar surface area (TPSA) is 99.4 Å². The van der Waals surface area contributed by atoms with Gasteiger partial charge in [-0.25, -0.2) is 9.59 Å². The number of aromatic nitrogens is 1. The van der Waals surface area contributed by atoms with Gasteiger partial charge in [0.2, 0.25) is 0 Å². The lowest BCUT2D eigenvalue weighted by atomic mass is 10.1. The summed E-state index contributed by atoms with van der Waals surface area (Å²) in [5.41, 5.74) is -0.331. The summed E-state index contributed by atoms with van der Waals surface area (Å²) in [5, 5.41) is 10.7. The van der Waals surface area contributed by atoms with Gasteiger partial charge in [-0.1, -0.05) is 0 Å². The molecule has 0 aliphatic heterocycles. The average molecular weight is 250 g/mol. The van der Waals surface area contributed by atoms with Crippen molar-refractivity contribution in [3.63, 3.8) is 0 Å². The van der Waals surface area contributed by atoms with E-state index in [2.05, 4.69) is 9.72 Å². The number of hydrogen-bond donors (Lipinski definition) is 0. The van der Waals surface area contributed by atoms with Gasteiger partial charge in [-0.05, 0) is 13.0 Å². The number of hydrogen-bond acceptors (Lipinski definition) is 6. The maximum absolute atomic E-state index is 11.4. The Bertz CT molecular complexity index is 520. The molecule has 94 valence electrons. The van der Waals surface area contributed by atoms with Gasteiger partial charge in [0.25, 0.3) is 5.69 Å². The van der Waals surface area contributed by atoms with E-state index < -0.39 is 10.9 Å². The standard InChI is InChI=1S/C11H10N2O5/c1-2-18-11(15)9(7-14)5-8-3-4-12-6-10(8)13(16)17/h3-4,6H,2,5H2,1H3. The Hall–Kier alpha value is -2.53. The minimum atomic E-state index is -0.821. The quantitative estimate of drug-likeness (QED) is 0.252. The Morgan fingerprint density at radius 1 is 1.61 bits per heavy atom. The molecule has 0 fully saturated rings. The van der Waals surface area contributed by atoms with Crippen molar-refractivity contribution in [2.24, 2.45) is 0 Å². The van der Waals surface area contributed by atoms with Crippen LogP contribution < -0.4 is 0 Å². The first kappa shape index (κ1) is 13.5. The maximum atomic E-state index is 11.4. The molecule has 7 heteroatoms. The van der Waals surface area contributed by atoms with Crippen LogP contribution in [-0.4, -0.2) is 28.4 Å². The molecule has 0 spiro atoms. The Morgan fingerprint density at radius 2 is 2.33 bits per heavy atom. The molecule has 0 unspecified atom stereocenters. The summed E-state index contributed by atoms with van der Waals surface area (Å²) in [6.45, 7) is 1.71. The van der Waals surface area contributed by atoms with Gasteiger partial charge in [0.1, 0.15) is 17.7 Å². The van der Waals surface area contributed by atoms with Crippen molar-refractivity contribution in [3.05, 3.63) is 39.7 Å². The molecule has 1 aromatic heterocycles. The van der Waals surface area contributed by atoms with E-state index in [0.717, 1.165) is 6.20 Å². The highest BCUT2D eigenvalue weighted by atomic mass is 16.6. The zero-order valence-electron chi connectivity index (χ0n) is 9.58. The van der Waals surface area contributed by atoms with E-state index in [1.165, 1.54) is 18.2 Å². The van der Waals surface area contributed by atoms with Crippen LogP contribution in [0.4, 0.5) is 5.69 Å². The molecule has 0 aliphatic carbocycles. The molecule has 0 radical (unpaired) electrons. The molecule has 0 aromatic carbocycles. The summed E-state index contributed by atoms with van der Waals surface area (Å²) in [6.07, 6.45) is 2.19. The van der Waals surface area contributed by atoms with Gasteiger partial charge in [0.05, 0.1) is 11.5 Å². The fraction of sp³-hybridized carbons (Fsp3) is 0.273. The van der Waals surface area contributed by atoms with Crippen molar-refractivity contribution in [1.29, 1.82) is 0 Å². The minimum absolute atomic E-state index is 0.114. The second-order valence-corrected chi connectivity index (χ2v) is 3.24. The van der Waals surface area contributed by atoms with Crippen LogP contribution in [0.15, 0.2) is 24.0 Å². The van der Waals surface area contributed by atoms with Crippen molar-refractivity contribution < 1.29 is 19.2 Å². The first-order chi connectivity index (χ1) is 8.60. The summed E-state index contributed by atoms with van der Waals surface area (Å²) in [7, 11) is 0. The normalized spacial score (nSPS) is 9.39. The number of carbonyl (C=O) groups excluding carboxylic acids is 2. The molecule has 0 saturated carbocycles. The van der Waals surface area contributed by atoms with E-state index in [4.69, 9.17) is 0 Å². The molecular weight excluding hydrogens is 240 g/mol. The Morgan fingerprint density at radius 3 is 2.89 bits per heavy atom. The zero-order valence-corrected chi connectivity index (χ0v) is 9.58. The molecular formula is C11H10N2O5. The molecule has 1 rings (SSSR count). The second kappa shape index (κ2) is 6.27. The number of nitrogens with zero attached hydrogens (tertiary/aromatic N) is 2. The first-order valence-corrected chi connectivity index (χ1v) is 5.08. The fourth-order valence-corrected chi connectivity index (χ4v) is 1.29. The summed E-state index contributed by atoms with van der Waals surface area (Å²) >= 11 is 0. The number of rotatable bonds is 5. The third-order valence-electron chi connectivity index (χ3n) is 2.10. The third kappa shape index (κ3) is 3.23. The van der Waals surface area contributed by atoms with Gasteiger partial charge in [0.15, 0.2) is 0 Å². The second-order valence-electron chi connectivity index (χ2n) is 3.24. The molecule has 0 saturated heterocycles. The molecule has 7 nitrogen and oxygen atoms in total. The number of carbonyl (C=O) groups is 1. The molecule has 0 atom stereocenters. The van der Waals surface area contributed by atoms with Crippen molar-refractivity contribution >= 4 is 17.6 Å². The highest BCUT2D eigenvalue weighted by Crippen LogP contribution is 2.19. The Kier molecular flexibility index (Phi) is 4.71. The van der Waals surface area contributed by atoms with Crippen molar-refractivity contribution in [2.75, 3.05) is 6.61 Å². The monoisotopic (exact) mass is 250 g/mol. The van der Waals surface area contributed by atoms with Gasteiger partial charge in [-0.15, -0.1) is 0 Å². The highest BCUT2D eigenvalue weighted by molar-refractivity contribution is 5.97. The summed E-state index contributed by atoms with van der Waals surface area (Å²) in [4.78, 5) is 35.7. The van der Waals surface area contributed by atoms with E-state index in [9.17, 15) is 19.7 Å². The molecule has 0 aliphatic rings. The average Bonchev–Trinajstić information content (AvgIpc) is 2.36. The Labute approximate surface area is 102 Å². The lowest BCUT2D eigenvalue weighted by Gasteiger charge is -2.03.